The molecule has 0 unspecified atom stereocenters. The van der Waals surface area contributed by atoms with Gasteiger partial charge in [-0.1, -0.05) is 0 Å². The number of imidazole rings is 1. The van der Waals surface area contributed by atoms with Crippen LogP contribution in [0.25, 0.3) is 0 Å². The number of halogens is 1. The normalized spacial score (nSPS) is 14.6. The van der Waals surface area contributed by atoms with Crippen LogP contribution in [-0.2, 0) is 19.4 Å². The minimum Gasteiger partial charge on any atom is -0.330 e. The molecule has 0 N–H and O–H groups in total. The minimum absolute atomic E-state index is 0.870. The summed E-state index contributed by atoms with van der Waals surface area (Å²) in [5, 5.41) is 0. The third-order valence-electron chi connectivity index (χ3n) is 3.22. The van der Waals surface area contributed by atoms with E-state index in [0.717, 1.165) is 23.9 Å². The number of nitrogens with zero attached hydrogens (tertiary/aromatic N) is 3. The average Bonchev–Trinajstić information content (AvgIpc) is 2.73. The first-order valence-electron chi connectivity index (χ1n) is 5.95. The predicted octanol–water partition coefficient (Wildman–Crippen LogP) is 2.97. The molecular formula is C13H14BrN3. The fourth-order valence-electron chi connectivity index (χ4n) is 2.41. The Kier molecular flexibility index (Phi) is 2.97. The van der Waals surface area contributed by atoms with Gasteiger partial charge in [0.05, 0.1) is 18.6 Å². The van der Waals surface area contributed by atoms with Crippen molar-refractivity contribution < 1.29 is 0 Å². The van der Waals surface area contributed by atoms with Gasteiger partial charge in [0, 0.05) is 22.6 Å². The van der Waals surface area contributed by atoms with Crippen molar-refractivity contribution in [2.45, 2.75) is 32.2 Å². The maximum atomic E-state index is 4.51. The lowest BCUT2D eigenvalue weighted by atomic mass is 10.0. The second-order valence-electron chi connectivity index (χ2n) is 4.48. The van der Waals surface area contributed by atoms with E-state index in [1.807, 2.05) is 18.7 Å². The van der Waals surface area contributed by atoms with Gasteiger partial charge in [-0.05, 0) is 53.2 Å². The highest BCUT2D eigenvalue weighted by Crippen LogP contribution is 2.21. The molecule has 1 aliphatic carbocycles. The van der Waals surface area contributed by atoms with Gasteiger partial charge in [-0.15, -0.1) is 0 Å². The van der Waals surface area contributed by atoms with Gasteiger partial charge in [0.15, 0.2) is 0 Å². The van der Waals surface area contributed by atoms with Crippen LogP contribution in [0.3, 0.4) is 0 Å². The maximum absolute atomic E-state index is 4.51. The van der Waals surface area contributed by atoms with Gasteiger partial charge in [-0.3, -0.25) is 4.98 Å². The Morgan fingerprint density at radius 3 is 3.00 bits per heavy atom. The van der Waals surface area contributed by atoms with Gasteiger partial charge in [0.1, 0.15) is 0 Å². The van der Waals surface area contributed by atoms with E-state index in [0.29, 0.717) is 0 Å². The molecular weight excluding hydrogens is 278 g/mol. The van der Waals surface area contributed by atoms with Crippen LogP contribution in [0.1, 0.15) is 29.8 Å². The standard InChI is InChI=1S/C13H14BrN3/c14-11-5-10(6-15-7-11)8-17-9-16-12-3-1-2-4-13(12)17/h5-7,9H,1-4,8H2. The number of fused-ring (bicyclic) bond motifs is 1. The van der Waals surface area contributed by atoms with Crippen molar-refractivity contribution in [3.05, 3.63) is 46.2 Å². The summed E-state index contributed by atoms with van der Waals surface area (Å²) in [6.07, 6.45) is 10.6. The first-order valence-corrected chi connectivity index (χ1v) is 6.74. The largest absolute Gasteiger partial charge is 0.330 e. The maximum Gasteiger partial charge on any atom is 0.0954 e. The van der Waals surface area contributed by atoms with E-state index in [4.69, 9.17) is 0 Å². The Morgan fingerprint density at radius 1 is 1.24 bits per heavy atom. The predicted molar refractivity (Wildman–Crippen MR) is 69.9 cm³/mol. The summed E-state index contributed by atoms with van der Waals surface area (Å²) in [6, 6.07) is 2.11. The van der Waals surface area contributed by atoms with E-state index in [1.165, 1.54) is 29.8 Å². The lowest BCUT2D eigenvalue weighted by molar-refractivity contribution is 0.628. The summed E-state index contributed by atoms with van der Waals surface area (Å²) in [5.74, 6) is 0. The lowest BCUT2D eigenvalue weighted by Gasteiger charge is -2.13. The zero-order valence-electron chi connectivity index (χ0n) is 9.56. The molecule has 0 atom stereocenters. The van der Waals surface area contributed by atoms with E-state index >= 15 is 0 Å². The van der Waals surface area contributed by atoms with Crippen molar-refractivity contribution in [2.75, 3.05) is 0 Å². The molecule has 1 aliphatic rings. The summed E-state index contributed by atoms with van der Waals surface area (Å²) in [6.45, 7) is 0.870. The molecule has 0 fully saturated rings. The van der Waals surface area contributed by atoms with E-state index in [2.05, 4.69) is 36.5 Å². The van der Waals surface area contributed by atoms with Gasteiger partial charge < -0.3 is 4.57 Å². The first-order chi connectivity index (χ1) is 8.33. The van der Waals surface area contributed by atoms with Crippen molar-refractivity contribution in [1.82, 2.24) is 14.5 Å². The number of aryl methyl sites for hydroxylation is 1. The van der Waals surface area contributed by atoms with E-state index in [1.54, 1.807) is 0 Å². The van der Waals surface area contributed by atoms with Crippen LogP contribution >= 0.6 is 15.9 Å². The zero-order valence-corrected chi connectivity index (χ0v) is 11.2. The number of rotatable bonds is 2. The number of hydrogen-bond donors (Lipinski definition) is 0. The highest BCUT2D eigenvalue weighted by molar-refractivity contribution is 9.10. The summed E-state index contributed by atoms with van der Waals surface area (Å²) >= 11 is 3.45. The van der Waals surface area contributed by atoms with E-state index in [-0.39, 0.29) is 0 Å². The van der Waals surface area contributed by atoms with E-state index < -0.39 is 0 Å². The van der Waals surface area contributed by atoms with Crippen molar-refractivity contribution in [2.24, 2.45) is 0 Å². The van der Waals surface area contributed by atoms with Gasteiger partial charge in [0.2, 0.25) is 0 Å². The average molecular weight is 292 g/mol. The van der Waals surface area contributed by atoms with Crippen molar-refractivity contribution >= 4 is 15.9 Å². The monoisotopic (exact) mass is 291 g/mol. The fraction of sp³-hybridized carbons (Fsp3) is 0.385. The molecule has 2 heterocycles. The molecule has 0 saturated carbocycles. The van der Waals surface area contributed by atoms with Crippen molar-refractivity contribution in [3.63, 3.8) is 0 Å². The lowest BCUT2D eigenvalue weighted by Crippen LogP contribution is -2.09. The van der Waals surface area contributed by atoms with Crippen LogP contribution < -0.4 is 0 Å². The first kappa shape index (κ1) is 11.0. The molecule has 0 aromatic carbocycles. The Labute approximate surface area is 109 Å². The molecule has 0 aliphatic heterocycles. The van der Waals surface area contributed by atoms with Gasteiger partial charge in [-0.25, -0.2) is 4.98 Å². The molecule has 0 spiro atoms. The van der Waals surface area contributed by atoms with Crippen LogP contribution in [-0.4, -0.2) is 14.5 Å². The van der Waals surface area contributed by atoms with Crippen molar-refractivity contribution in [3.8, 4) is 0 Å². The summed E-state index contributed by atoms with van der Waals surface area (Å²) in [4.78, 5) is 8.70. The highest BCUT2D eigenvalue weighted by atomic mass is 79.9. The van der Waals surface area contributed by atoms with Crippen LogP contribution in [0, 0.1) is 0 Å². The summed E-state index contributed by atoms with van der Waals surface area (Å²) < 4.78 is 3.29. The third kappa shape index (κ3) is 2.27. The van der Waals surface area contributed by atoms with Gasteiger partial charge in [-0.2, -0.15) is 0 Å². The molecule has 2 aromatic rings. The third-order valence-corrected chi connectivity index (χ3v) is 3.66. The molecule has 88 valence electrons. The topological polar surface area (TPSA) is 30.7 Å². The van der Waals surface area contributed by atoms with Gasteiger partial charge >= 0.3 is 0 Å². The Morgan fingerprint density at radius 2 is 2.12 bits per heavy atom. The molecule has 17 heavy (non-hydrogen) atoms. The summed E-state index contributed by atoms with van der Waals surface area (Å²) in [7, 11) is 0. The number of pyridine rings is 1. The molecule has 0 radical (unpaired) electrons. The number of hydrogen-bond acceptors (Lipinski definition) is 2. The second-order valence-corrected chi connectivity index (χ2v) is 5.40. The molecule has 4 heteroatoms. The summed E-state index contributed by atoms with van der Waals surface area (Å²) in [5.41, 5.74) is 3.92. The number of aromatic nitrogens is 3. The quantitative estimate of drug-likeness (QED) is 0.852. The molecule has 0 amide bonds. The van der Waals surface area contributed by atoms with Crippen LogP contribution in [0.2, 0.25) is 0 Å². The Bertz CT molecular complexity index is 533. The second kappa shape index (κ2) is 4.61. The van der Waals surface area contributed by atoms with Crippen LogP contribution in [0.5, 0.6) is 0 Å². The minimum atomic E-state index is 0.870. The molecule has 3 rings (SSSR count). The SMILES string of the molecule is Brc1cncc(Cn2cnc3c2CCCC3)c1. The fourth-order valence-corrected chi connectivity index (χ4v) is 2.82. The molecule has 0 saturated heterocycles. The van der Waals surface area contributed by atoms with Crippen LogP contribution in [0.4, 0.5) is 0 Å². The molecule has 3 nitrogen and oxygen atoms in total. The van der Waals surface area contributed by atoms with E-state index in [9.17, 15) is 0 Å². The highest BCUT2D eigenvalue weighted by Gasteiger charge is 2.15. The van der Waals surface area contributed by atoms with Crippen LogP contribution in [0.15, 0.2) is 29.3 Å². The van der Waals surface area contributed by atoms with Crippen molar-refractivity contribution in [1.29, 1.82) is 0 Å². The zero-order chi connectivity index (χ0) is 11.7. The molecule has 2 aromatic heterocycles. The van der Waals surface area contributed by atoms with Gasteiger partial charge in [0.25, 0.3) is 0 Å². The Hall–Kier alpha value is -1.16. The smallest absolute Gasteiger partial charge is 0.0954 e. The molecule has 0 bridgehead atoms. The Balaban J connectivity index is 1.88.